The van der Waals surface area contributed by atoms with Crippen molar-refractivity contribution < 1.29 is 14.4 Å². The summed E-state index contributed by atoms with van der Waals surface area (Å²) in [4.78, 5) is 37.9. The fourth-order valence-electron chi connectivity index (χ4n) is 2.92. The number of aryl methyl sites for hydroxylation is 1. The Kier molecular flexibility index (Phi) is 5.75. The van der Waals surface area contributed by atoms with E-state index in [1.54, 1.807) is 18.2 Å². The van der Waals surface area contributed by atoms with Crippen molar-refractivity contribution in [1.29, 1.82) is 0 Å². The molecule has 1 heterocycles. The third-order valence-corrected chi connectivity index (χ3v) is 4.25. The number of nitrogens with zero attached hydrogens (tertiary/aromatic N) is 1. The highest BCUT2D eigenvalue weighted by Crippen LogP contribution is 2.23. The Hall–Kier alpha value is -2.17. The van der Waals surface area contributed by atoms with Crippen molar-refractivity contribution in [3.63, 3.8) is 0 Å². The summed E-state index contributed by atoms with van der Waals surface area (Å²) in [5.74, 6) is -0.424. The maximum absolute atomic E-state index is 12.4. The van der Waals surface area contributed by atoms with Gasteiger partial charge in [0.05, 0.1) is 11.1 Å². The molecule has 0 saturated carbocycles. The summed E-state index contributed by atoms with van der Waals surface area (Å²) >= 11 is 0. The van der Waals surface area contributed by atoms with Gasteiger partial charge in [-0.05, 0) is 38.3 Å². The first kappa shape index (κ1) is 18.2. The molecule has 1 atom stereocenters. The maximum Gasteiger partial charge on any atom is 0.262 e. The fourth-order valence-corrected chi connectivity index (χ4v) is 2.92. The first-order valence-corrected chi connectivity index (χ1v) is 8.55. The Morgan fingerprint density at radius 3 is 2.42 bits per heavy atom. The monoisotopic (exact) mass is 330 g/mol. The van der Waals surface area contributed by atoms with E-state index < -0.39 is 5.91 Å². The zero-order valence-electron chi connectivity index (χ0n) is 14.9. The quantitative estimate of drug-likeness (QED) is 0.782. The number of nitrogens with one attached hydrogen (secondary N) is 1. The molecule has 0 spiro atoms. The molecule has 0 fully saturated rings. The van der Waals surface area contributed by atoms with Gasteiger partial charge in [-0.2, -0.15) is 0 Å². The predicted octanol–water partition coefficient (Wildman–Crippen LogP) is 2.92. The second-order valence-electron chi connectivity index (χ2n) is 7.04. The molecule has 1 aliphatic heterocycles. The molecule has 0 aromatic heterocycles. The largest absolute Gasteiger partial charge is 0.352 e. The molecule has 2 rings (SSSR count). The van der Waals surface area contributed by atoms with E-state index in [0.29, 0.717) is 17.0 Å². The lowest BCUT2D eigenvalue weighted by Crippen LogP contribution is -2.43. The van der Waals surface area contributed by atoms with E-state index in [2.05, 4.69) is 19.2 Å². The van der Waals surface area contributed by atoms with Gasteiger partial charge in [0.1, 0.15) is 6.54 Å². The van der Waals surface area contributed by atoms with Gasteiger partial charge < -0.3 is 5.32 Å². The van der Waals surface area contributed by atoms with E-state index in [1.165, 1.54) is 0 Å². The topological polar surface area (TPSA) is 66.5 Å². The Labute approximate surface area is 143 Å². The van der Waals surface area contributed by atoms with Crippen LogP contribution in [0.4, 0.5) is 0 Å². The zero-order valence-corrected chi connectivity index (χ0v) is 14.9. The highest BCUT2D eigenvalue weighted by Gasteiger charge is 2.36. The molecule has 1 aromatic carbocycles. The van der Waals surface area contributed by atoms with Crippen molar-refractivity contribution in [3.8, 4) is 0 Å². The number of rotatable bonds is 7. The van der Waals surface area contributed by atoms with Crippen LogP contribution < -0.4 is 5.32 Å². The Morgan fingerprint density at radius 2 is 1.75 bits per heavy atom. The van der Waals surface area contributed by atoms with Crippen LogP contribution in [0.2, 0.25) is 0 Å². The van der Waals surface area contributed by atoms with Crippen molar-refractivity contribution in [1.82, 2.24) is 10.2 Å². The SMILES string of the molecule is Cc1ccc2c(c1)C(=O)N(CC(=O)NC(C)CCCC(C)C)C2=O. The second-order valence-corrected chi connectivity index (χ2v) is 7.04. The molecule has 3 amide bonds. The molecular weight excluding hydrogens is 304 g/mol. The number of hydrogen-bond acceptors (Lipinski definition) is 3. The van der Waals surface area contributed by atoms with Gasteiger partial charge in [-0.25, -0.2) is 0 Å². The lowest BCUT2D eigenvalue weighted by molar-refractivity contribution is -0.122. The number of hydrogen-bond donors (Lipinski definition) is 1. The molecule has 0 bridgehead atoms. The van der Waals surface area contributed by atoms with Gasteiger partial charge >= 0.3 is 0 Å². The van der Waals surface area contributed by atoms with E-state index in [-0.39, 0.29) is 24.4 Å². The number of fused-ring (bicyclic) bond motifs is 1. The summed E-state index contributed by atoms with van der Waals surface area (Å²) in [5, 5.41) is 2.87. The minimum atomic E-state index is -0.391. The summed E-state index contributed by atoms with van der Waals surface area (Å²) in [7, 11) is 0. The van der Waals surface area contributed by atoms with Gasteiger partial charge in [0.15, 0.2) is 0 Å². The van der Waals surface area contributed by atoms with E-state index in [0.717, 1.165) is 29.7 Å². The van der Waals surface area contributed by atoms with Crippen LogP contribution in [0.5, 0.6) is 0 Å². The minimum Gasteiger partial charge on any atom is -0.352 e. The first-order valence-electron chi connectivity index (χ1n) is 8.55. The van der Waals surface area contributed by atoms with Crippen LogP contribution in [0.15, 0.2) is 18.2 Å². The van der Waals surface area contributed by atoms with Crippen LogP contribution >= 0.6 is 0 Å². The molecule has 1 aromatic rings. The summed E-state index contributed by atoms with van der Waals surface area (Å²) in [6, 6.07) is 5.18. The summed E-state index contributed by atoms with van der Waals surface area (Å²) in [5.41, 5.74) is 1.68. The number of carbonyl (C=O) groups is 3. The lowest BCUT2D eigenvalue weighted by atomic mass is 10.0. The molecule has 1 N–H and O–H groups in total. The van der Waals surface area contributed by atoms with Crippen LogP contribution in [0.3, 0.4) is 0 Å². The fraction of sp³-hybridized carbons (Fsp3) is 0.526. The van der Waals surface area contributed by atoms with Crippen LogP contribution in [0, 0.1) is 12.8 Å². The Morgan fingerprint density at radius 1 is 1.08 bits per heavy atom. The van der Waals surface area contributed by atoms with Crippen LogP contribution in [0.25, 0.3) is 0 Å². The third kappa shape index (κ3) is 4.22. The van der Waals surface area contributed by atoms with Crippen molar-refractivity contribution in [2.75, 3.05) is 6.54 Å². The third-order valence-electron chi connectivity index (χ3n) is 4.25. The van der Waals surface area contributed by atoms with Crippen LogP contribution in [-0.4, -0.2) is 35.2 Å². The summed E-state index contributed by atoms with van der Waals surface area (Å²) in [6.07, 6.45) is 3.06. The van der Waals surface area contributed by atoms with Gasteiger partial charge in [0.2, 0.25) is 5.91 Å². The van der Waals surface area contributed by atoms with E-state index in [4.69, 9.17) is 0 Å². The average Bonchev–Trinajstić information content (AvgIpc) is 2.71. The standard InChI is InChI=1S/C19H26N2O3/c1-12(2)6-5-7-14(4)20-17(22)11-21-18(23)15-9-8-13(3)10-16(15)19(21)24/h8-10,12,14H,5-7,11H2,1-4H3,(H,20,22). The van der Waals surface area contributed by atoms with E-state index in [9.17, 15) is 14.4 Å². The number of carbonyl (C=O) groups excluding carboxylic acids is 3. The molecule has 0 aliphatic carbocycles. The molecule has 130 valence electrons. The Balaban J connectivity index is 1.91. The van der Waals surface area contributed by atoms with E-state index in [1.807, 2.05) is 13.8 Å². The zero-order chi connectivity index (χ0) is 17.9. The number of benzene rings is 1. The van der Waals surface area contributed by atoms with Crippen molar-refractivity contribution in [2.24, 2.45) is 5.92 Å². The average molecular weight is 330 g/mol. The highest BCUT2D eigenvalue weighted by atomic mass is 16.2. The molecule has 0 radical (unpaired) electrons. The van der Waals surface area contributed by atoms with Crippen molar-refractivity contribution >= 4 is 17.7 Å². The highest BCUT2D eigenvalue weighted by molar-refractivity contribution is 6.22. The number of imide groups is 1. The van der Waals surface area contributed by atoms with Gasteiger partial charge in [-0.15, -0.1) is 0 Å². The maximum atomic E-state index is 12.4. The minimum absolute atomic E-state index is 0.0358. The van der Waals surface area contributed by atoms with Crippen molar-refractivity contribution in [2.45, 2.75) is 53.0 Å². The van der Waals surface area contributed by atoms with Crippen LogP contribution in [0.1, 0.15) is 66.3 Å². The first-order chi connectivity index (χ1) is 11.3. The molecule has 5 nitrogen and oxygen atoms in total. The van der Waals surface area contributed by atoms with Crippen molar-refractivity contribution in [3.05, 3.63) is 34.9 Å². The lowest BCUT2D eigenvalue weighted by Gasteiger charge is -2.17. The Bertz CT molecular complexity index is 652. The van der Waals surface area contributed by atoms with Crippen LogP contribution in [-0.2, 0) is 4.79 Å². The van der Waals surface area contributed by atoms with Gasteiger partial charge in [0, 0.05) is 6.04 Å². The molecular formula is C19H26N2O3. The number of amides is 3. The van der Waals surface area contributed by atoms with Gasteiger partial charge in [-0.3, -0.25) is 19.3 Å². The molecule has 1 aliphatic rings. The summed E-state index contributed by atoms with van der Waals surface area (Å²) in [6.45, 7) is 7.94. The smallest absolute Gasteiger partial charge is 0.262 e. The second kappa shape index (κ2) is 7.60. The molecule has 0 saturated heterocycles. The molecule has 24 heavy (non-hydrogen) atoms. The molecule has 5 heteroatoms. The predicted molar refractivity (Wildman–Crippen MR) is 92.8 cm³/mol. The normalized spacial score (nSPS) is 15.0. The van der Waals surface area contributed by atoms with Gasteiger partial charge in [-0.1, -0.05) is 38.3 Å². The summed E-state index contributed by atoms with van der Waals surface area (Å²) < 4.78 is 0. The van der Waals surface area contributed by atoms with Gasteiger partial charge in [0.25, 0.3) is 11.8 Å². The molecule has 1 unspecified atom stereocenters. The van der Waals surface area contributed by atoms with E-state index >= 15 is 0 Å².